The summed E-state index contributed by atoms with van der Waals surface area (Å²) in [4.78, 5) is 4.27. The number of guanidine groups is 1. The molecule has 0 spiro atoms. The molecule has 0 atom stereocenters. The largest absolute Gasteiger partial charge is 0.491 e. The van der Waals surface area contributed by atoms with Crippen molar-refractivity contribution in [2.75, 3.05) is 26.7 Å². The average Bonchev–Trinajstić information content (AvgIpc) is 3.03. The number of aliphatic imine (C=N–C) groups is 1. The van der Waals surface area contributed by atoms with E-state index in [1.807, 2.05) is 35.9 Å². The third kappa shape index (κ3) is 6.62. The van der Waals surface area contributed by atoms with Gasteiger partial charge in [0.25, 0.3) is 0 Å². The van der Waals surface area contributed by atoms with Crippen molar-refractivity contribution in [1.29, 1.82) is 0 Å². The van der Waals surface area contributed by atoms with E-state index in [9.17, 15) is 0 Å². The number of benzene rings is 2. The second kappa shape index (κ2) is 11.6. The molecule has 1 aromatic heterocycles. The third-order valence-corrected chi connectivity index (χ3v) is 4.57. The molecule has 0 saturated heterocycles. The van der Waals surface area contributed by atoms with Crippen LogP contribution in [0.25, 0.3) is 10.8 Å². The highest BCUT2D eigenvalue weighted by molar-refractivity contribution is 14.0. The second-order valence-electron chi connectivity index (χ2n) is 6.76. The van der Waals surface area contributed by atoms with Crippen LogP contribution in [0.15, 0.2) is 53.5 Å². The molecule has 29 heavy (non-hydrogen) atoms. The molecule has 6 nitrogen and oxygen atoms in total. The molecule has 7 heteroatoms. The summed E-state index contributed by atoms with van der Waals surface area (Å²) in [5.41, 5.74) is 2.26. The van der Waals surface area contributed by atoms with E-state index < -0.39 is 0 Å². The Bertz CT molecular complexity index is 933. The third-order valence-electron chi connectivity index (χ3n) is 4.57. The summed E-state index contributed by atoms with van der Waals surface area (Å²) in [5, 5.41) is 13.4. The molecule has 0 aliphatic heterocycles. The standard InChI is InChI=1S/C22H29N5O.HI/c1-17-16-18(2)27(26-17)14-7-12-24-22(23-3)25-13-15-28-21-11-6-9-19-8-4-5-10-20(19)21;/h4-6,8-11,16H,7,12-15H2,1-3H3,(H2,23,24,25);1H. The zero-order chi connectivity index (χ0) is 19.8. The Morgan fingerprint density at radius 1 is 1.07 bits per heavy atom. The number of rotatable bonds is 8. The lowest BCUT2D eigenvalue weighted by Gasteiger charge is -2.13. The fourth-order valence-corrected chi connectivity index (χ4v) is 3.21. The molecule has 156 valence electrons. The van der Waals surface area contributed by atoms with Crippen LogP contribution in [-0.4, -0.2) is 42.5 Å². The van der Waals surface area contributed by atoms with Crippen molar-refractivity contribution in [3.05, 3.63) is 59.9 Å². The zero-order valence-corrected chi connectivity index (χ0v) is 19.6. The minimum Gasteiger partial charge on any atom is -0.491 e. The number of hydrogen-bond acceptors (Lipinski definition) is 3. The zero-order valence-electron chi connectivity index (χ0n) is 17.3. The maximum atomic E-state index is 5.96. The lowest BCUT2D eigenvalue weighted by atomic mass is 10.1. The lowest BCUT2D eigenvalue weighted by Crippen LogP contribution is -2.39. The van der Waals surface area contributed by atoms with E-state index >= 15 is 0 Å². The van der Waals surface area contributed by atoms with Gasteiger partial charge in [-0.15, -0.1) is 24.0 Å². The first-order valence-electron chi connectivity index (χ1n) is 9.73. The van der Waals surface area contributed by atoms with E-state index in [-0.39, 0.29) is 24.0 Å². The number of nitrogens with one attached hydrogen (secondary N) is 2. The minimum atomic E-state index is 0. The van der Waals surface area contributed by atoms with Gasteiger partial charge in [0.2, 0.25) is 0 Å². The van der Waals surface area contributed by atoms with Crippen molar-refractivity contribution in [3.8, 4) is 5.75 Å². The summed E-state index contributed by atoms with van der Waals surface area (Å²) in [6.07, 6.45) is 0.981. The van der Waals surface area contributed by atoms with E-state index in [0.29, 0.717) is 13.2 Å². The minimum absolute atomic E-state index is 0. The van der Waals surface area contributed by atoms with Gasteiger partial charge in [0, 0.05) is 31.2 Å². The van der Waals surface area contributed by atoms with Crippen molar-refractivity contribution < 1.29 is 4.74 Å². The first-order chi connectivity index (χ1) is 13.7. The first kappa shape index (κ1) is 23.0. The summed E-state index contributed by atoms with van der Waals surface area (Å²) >= 11 is 0. The molecule has 3 aromatic rings. The molecule has 3 rings (SSSR count). The maximum absolute atomic E-state index is 5.96. The smallest absolute Gasteiger partial charge is 0.191 e. The Kier molecular flexibility index (Phi) is 9.24. The highest BCUT2D eigenvalue weighted by Crippen LogP contribution is 2.24. The van der Waals surface area contributed by atoms with Gasteiger partial charge < -0.3 is 15.4 Å². The van der Waals surface area contributed by atoms with Crippen LogP contribution in [-0.2, 0) is 6.54 Å². The van der Waals surface area contributed by atoms with Crippen molar-refractivity contribution in [3.63, 3.8) is 0 Å². The molecular weight excluding hydrogens is 477 g/mol. The Hall–Kier alpha value is -2.29. The van der Waals surface area contributed by atoms with Crippen LogP contribution in [0.1, 0.15) is 17.8 Å². The van der Waals surface area contributed by atoms with Crippen molar-refractivity contribution in [1.82, 2.24) is 20.4 Å². The Morgan fingerprint density at radius 3 is 2.59 bits per heavy atom. The molecule has 0 aliphatic carbocycles. The fourth-order valence-electron chi connectivity index (χ4n) is 3.21. The Balaban J connectivity index is 0.00000300. The van der Waals surface area contributed by atoms with Crippen LogP contribution in [0.3, 0.4) is 0 Å². The van der Waals surface area contributed by atoms with Gasteiger partial charge in [-0.1, -0.05) is 36.4 Å². The van der Waals surface area contributed by atoms with Gasteiger partial charge in [0.15, 0.2) is 5.96 Å². The van der Waals surface area contributed by atoms with Gasteiger partial charge in [-0.3, -0.25) is 9.67 Å². The Labute approximate surface area is 189 Å². The lowest BCUT2D eigenvalue weighted by molar-refractivity contribution is 0.325. The highest BCUT2D eigenvalue weighted by Gasteiger charge is 2.03. The summed E-state index contributed by atoms with van der Waals surface area (Å²) in [6.45, 7) is 7.09. The van der Waals surface area contributed by atoms with Gasteiger partial charge in [-0.25, -0.2) is 0 Å². The molecule has 0 saturated carbocycles. The molecule has 0 unspecified atom stereocenters. The number of aryl methyl sites for hydroxylation is 3. The van der Waals surface area contributed by atoms with Gasteiger partial charge >= 0.3 is 0 Å². The predicted molar refractivity (Wildman–Crippen MR) is 131 cm³/mol. The number of fused-ring (bicyclic) bond motifs is 1. The van der Waals surface area contributed by atoms with Gasteiger partial charge in [-0.05, 0) is 37.8 Å². The van der Waals surface area contributed by atoms with Gasteiger partial charge in [0.05, 0.1) is 12.2 Å². The maximum Gasteiger partial charge on any atom is 0.191 e. The van der Waals surface area contributed by atoms with E-state index in [0.717, 1.165) is 42.3 Å². The van der Waals surface area contributed by atoms with Crippen molar-refractivity contribution in [2.45, 2.75) is 26.8 Å². The quantitative estimate of drug-likeness (QED) is 0.210. The molecule has 2 aromatic carbocycles. The predicted octanol–water partition coefficient (Wildman–Crippen LogP) is 3.91. The van der Waals surface area contributed by atoms with Crippen LogP contribution in [0.5, 0.6) is 5.75 Å². The normalized spacial score (nSPS) is 11.2. The van der Waals surface area contributed by atoms with Crippen molar-refractivity contribution >= 4 is 40.7 Å². The first-order valence-corrected chi connectivity index (χ1v) is 9.73. The highest BCUT2D eigenvalue weighted by atomic mass is 127. The summed E-state index contributed by atoms with van der Waals surface area (Å²) in [7, 11) is 1.78. The number of aromatic nitrogens is 2. The molecule has 0 fully saturated rings. The second-order valence-corrected chi connectivity index (χ2v) is 6.76. The molecule has 1 heterocycles. The van der Waals surface area contributed by atoms with Crippen LogP contribution < -0.4 is 15.4 Å². The van der Waals surface area contributed by atoms with Gasteiger partial charge in [0.1, 0.15) is 12.4 Å². The molecular formula is C22H30IN5O. The monoisotopic (exact) mass is 507 g/mol. The molecule has 2 N–H and O–H groups in total. The molecule has 0 aliphatic rings. The summed E-state index contributed by atoms with van der Waals surface area (Å²) in [6, 6.07) is 16.5. The average molecular weight is 507 g/mol. The summed E-state index contributed by atoms with van der Waals surface area (Å²) in [5.74, 6) is 1.70. The number of halogens is 1. The van der Waals surface area contributed by atoms with Crippen molar-refractivity contribution in [2.24, 2.45) is 4.99 Å². The molecule has 0 bridgehead atoms. The number of nitrogens with zero attached hydrogens (tertiary/aromatic N) is 3. The number of hydrogen-bond donors (Lipinski definition) is 2. The van der Waals surface area contributed by atoms with E-state index in [2.05, 4.69) is 51.9 Å². The van der Waals surface area contributed by atoms with Crippen LogP contribution in [0, 0.1) is 13.8 Å². The van der Waals surface area contributed by atoms with Gasteiger partial charge in [-0.2, -0.15) is 5.10 Å². The topological polar surface area (TPSA) is 63.5 Å². The summed E-state index contributed by atoms with van der Waals surface area (Å²) < 4.78 is 8.00. The van der Waals surface area contributed by atoms with Crippen LogP contribution in [0.2, 0.25) is 0 Å². The SMILES string of the molecule is CN=C(NCCCn1nc(C)cc1C)NCCOc1cccc2ccccc12.I. The Morgan fingerprint density at radius 2 is 1.83 bits per heavy atom. The van der Waals surface area contributed by atoms with E-state index in [1.165, 1.54) is 11.1 Å². The molecule has 0 radical (unpaired) electrons. The fraction of sp³-hybridized carbons (Fsp3) is 0.364. The van der Waals surface area contributed by atoms with Crippen LogP contribution >= 0.6 is 24.0 Å². The number of ether oxygens (including phenoxy) is 1. The molecule has 0 amide bonds. The van der Waals surface area contributed by atoms with Crippen LogP contribution in [0.4, 0.5) is 0 Å². The van der Waals surface area contributed by atoms with E-state index in [4.69, 9.17) is 4.74 Å². The van der Waals surface area contributed by atoms with E-state index in [1.54, 1.807) is 7.05 Å².